The van der Waals surface area contributed by atoms with Crippen molar-refractivity contribution in [2.75, 3.05) is 0 Å². The minimum atomic E-state index is 1.22. The Hall–Kier alpha value is -1.30. The average Bonchev–Trinajstić information content (AvgIpc) is 2.68. The van der Waals surface area contributed by atoms with Crippen molar-refractivity contribution in [2.24, 2.45) is 0 Å². The van der Waals surface area contributed by atoms with E-state index in [1.165, 1.54) is 82.6 Å². The second-order valence-corrected chi connectivity index (χ2v) is 7.51. The number of hydrogen-bond donors (Lipinski definition) is 0. The van der Waals surface area contributed by atoms with Crippen LogP contribution in [0.5, 0.6) is 0 Å². The SMILES string of the molecule is CCCCC=C(CCCC)/C(CCCC)=C(/CCCC)c1ccccc1. The molecule has 0 unspecified atom stereocenters. The fourth-order valence-corrected chi connectivity index (χ4v) is 3.54. The molecule has 146 valence electrons. The second-order valence-electron chi connectivity index (χ2n) is 7.51. The maximum atomic E-state index is 2.58. The topological polar surface area (TPSA) is 0 Å². The summed E-state index contributed by atoms with van der Waals surface area (Å²) in [5.74, 6) is 0. The summed E-state index contributed by atoms with van der Waals surface area (Å²) >= 11 is 0. The first-order valence-electron chi connectivity index (χ1n) is 11.2. The Morgan fingerprint density at radius 1 is 0.692 bits per heavy atom. The van der Waals surface area contributed by atoms with Crippen LogP contribution in [-0.4, -0.2) is 0 Å². The molecule has 0 heteroatoms. The molecule has 0 aliphatic carbocycles. The monoisotopic (exact) mass is 354 g/mol. The largest absolute Gasteiger partial charge is 0.0810 e. The summed E-state index contributed by atoms with van der Waals surface area (Å²) in [5.41, 5.74) is 6.41. The van der Waals surface area contributed by atoms with Crippen LogP contribution in [-0.2, 0) is 0 Å². The van der Waals surface area contributed by atoms with Crippen molar-refractivity contribution >= 4 is 5.57 Å². The molecule has 1 aromatic carbocycles. The molecule has 0 aromatic heterocycles. The fourth-order valence-electron chi connectivity index (χ4n) is 3.54. The van der Waals surface area contributed by atoms with Gasteiger partial charge in [0.15, 0.2) is 0 Å². The van der Waals surface area contributed by atoms with Gasteiger partial charge in [-0.3, -0.25) is 0 Å². The van der Waals surface area contributed by atoms with Crippen molar-refractivity contribution in [1.29, 1.82) is 0 Å². The van der Waals surface area contributed by atoms with E-state index in [-0.39, 0.29) is 0 Å². The lowest BCUT2D eigenvalue weighted by atomic mass is 9.85. The summed E-state index contributed by atoms with van der Waals surface area (Å²) in [4.78, 5) is 0. The predicted molar refractivity (Wildman–Crippen MR) is 120 cm³/mol. The van der Waals surface area contributed by atoms with Gasteiger partial charge in [0.25, 0.3) is 0 Å². The zero-order valence-corrected chi connectivity index (χ0v) is 17.9. The van der Waals surface area contributed by atoms with Crippen LogP contribution in [0.25, 0.3) is 5.57 Å². The summed E-state index contributed by atoms with van der Waals surface area (Å²) in [6, 6.07) is 11.2. The van der Waals surface area contributed by atoms with Crippen LogP contribution in [0.3, 0.4) is 0 Å². The minimum absolute atomic E-state index is 1.22. The predicted octanol–water partition coefficient (Wildman–Crippen LogP) is 9.13. The van der Waals surface area contributed by atoms with Crippen LogP contribution in [0.2, 0.25) is 0 Å². The van der Waals surface area contributed by atoms with Crippen LogP contribution in [0, 0.1) is 0 Å². The first kappa shape index (κ1) is 22.7. The van der Waals surface area contributed by atoms with Crippen molar-refractivity contribution in [3.63, 3.8) is 0 Å². The molecule has 0 spiro atoms. The van der Waals surface area contributed by atoms with Crippen LogP contribution in [0.4, 0.5) is 0 Å². The third kappa shape index (κ3) is 8.39. The highest BCUT2D eigenvalue weighted by molar-refractivity contribution is 5.72. The molecule has 0 aliphatic heterocycles. The summed E-state index contributed by atoms with van der Waals surface area (Å²) in [7, 11) is 0. The molecule has 0 heterocycles. The van der Waals surface area contributed by atoms with Gasteiger partial charge >= 0.3 is 0 Å². The molecular formula is C26H42. The van der Waals surface area contributed by atoms with E-state index in [1.807, 2.05) is 0 Å². The van der Waals surface area contributed by atoms with Gasteiger partial charge in [-0.15, -0.1) is 0 Å². The van der Waals surface area contributed by atoms with E-state index < -0.39 is 0 Å². The highest BCUT2D eigenvalue weighted by Crippen LogP contribution is 2.34. The van der Waals surface area contributed by atoms with E-state index in [1.54, 1.807) is 16.7 Å². The normalized spacial score (nSPS) is 13.0. The average molecular weight is 355 g/mol. The van der Waals surface area contributed by atoms with E-state index in [4.69, 9.17) is 0 Å². The summed E-state index contributed by atoms with van der Waals surface area (Å²) in [6.07, 6.45) is 17.8. The van der Waals surface area contributed by atoms with Crippen molar-refractivity contribution < 1.29 is 0 Å². The molecule has 1 aromatic rings. The van der Waals surface area contributed by atoms with Gasteiger partial charge in [-0.2, -0.15) is 0 Å². The van der Waals surface area contributed by atoms with E-state index >= 15 is 0 Å². The number of benzene rings is 1. The highest BCUT2D eigenvalue weighted by atomic mass is 14.2. The molecule has 0 bridgehead atoms. The van der Waals surface area contributed by atoms with Gasteiger partial charge in [-0.25, -0.2) is 0 Å². The molecule has 0 nitrogen and oxygen atoms in total. The highest BCUT2D eigenvalue weighted by Gasteiger charge is 2.13. The fraction of sp³-hybridized carbons (Fsp3) is 0.615. The van der Waals surface area contributed by atoms with E-state index in [2.05, 4.69) is 64.1 Å². The van der Waals surface area contributed by atoms with Gasteiger partial charge in [0.05, 0.1) is 0 Å². The lowest BCUT2D eigenvalue weighted by molar-refractivity contribution is 0.738. The van der Waals surface area contributed by atoms with Crippen LogP contribution >= 0.6 is 0 Å². The number of allylic oxidation sites excluding steroid dienone is 4. The Kier molecular flexibility index (Phi) is 13.0. The van der Waals surface area contributed by atoms with Gasteiger partial charge in [0.2, 0.25) is 0 Å². The molecule has 0 fully saturated rings. The molecule has 0 saturated heterocycles. The molecule has 0 atom stereocenters. The molecule has 0 N–H and O–H groups in total. The molecule has 0 saturated carbocycles. The molecule has 0 radical (unpaired) electrons. The Labute approximate surface area is 163 Å². The maximum absolute atomic E-state index is 2.58. The Morgan fingerprint density at radius 2 is 1.27 bits per heavy atom. The summed E-state index contributed by atoms with van der Waals surface area (Å²) < 4.78 is 0. The second kappa shape index (κ2) is 14.8. The number of rotatable bonds is 14. The zero-order chi connectivity index (χ0) is 19.0. The van der Waals surface area contributed by atoms with Gasteiger partial charge in [0, 0.05) is 0 Å². The Bertz CT molecular complexity index is 518. The van der Waals surface area contributed by atoms with E-state index in [0.717, 1.165) is 0 Å². The number of unbranched alkanes of at least 4 members (excludes halogenated alkanes) is 5. The van der Waals surface area contributed by atoms with E-state index in [9.17, 15) is 0 Å². The van der Waals surface area contributed by atoms with Crippen molar-refractivity contribution in [3.05, 3.63) is 53.1 Å². The third-order valence-electron chi connectivity index (χ3n) is 5.18. The molecular weight excluding hydrogens is 312 g/mol. The van der Waals surface area contributed by atoms with Crippen molar-refractivity contribution in [3.8, 4) is 0 Å². The summed E-state index contributed by atoms with van der Waals surface area (Å²) in [6.45, 7) is 9.24. The van der Waals surface area contributed by atoms with Gasteiger partial charge in [-0.1, -0.05) is 96.2 Å². The standard InChI is InChI=1S/C26H42/c1-5-9-14-18-23(17-10-6-2)25(21-11-7-3)26(22-12-8-4)24-19-15-13-16-20-24/h13,15-16,18-20H,5-12,14,17,21-22H2,1-4H3/b23-18?,26-25-. The summed E-state index contributed by atoms with van der Waals surface area (Å²) in [5, 5.41) is 0. The lowest BCUT2D eigenvalue weighted by Crippen LogP contribution is -1.99. The first-order chi connectivity index (χ1) is 12.8. The molecule has 0 amide bonds. The molecule has 26 heavy (non-hydrogen) atoms. The maximum Gasteiger partial charge on any atom is -0.0222 e. The van der Waals surface area contributed by atoms with Crippen molar-refractivity contribution in [1.82, 2.24) is 0 Å². The quantitative estimate of drug-likeness (QED) is 0.231. The smallest absolute Gasteiger partial charge is 0.0222 e. The molecule has 0 aliphatic rings. The van der Waals surface area contributed by atoms with Gasteiger partial charge in [0.1, 0.15) is 0 Å². The van der Waals surface area contributed by atoms with Crippen LogP contribution in [0.1, 0.15) is 110 Å². The lowest BCUT2D eigenvalue weighted by Gasteiger charge is -2.20. The molecule has 1 rings (SSSR count). The van der Waals surface area contributed by atoms with Gasteiger partial charge < -0.3 is 0 Å². The van der Waals surface area contributed by atoms with Crippen molar-refractivity contribution in [2.45, 2.75) is 105 Å². The van der Waals surface area contributed by atoms with Crippen LogP contribution in [0.15, 0.2) is 47.6 Å². The Balaban J connectivity index is 3.34. The zero-order valence-electron chi connectivity index (χ0n) is 17.9. The number of hydrogen-bond acceptors (Lipinski definition) is 0. The van der Waals surface area contributed by atoms with E-state index in [0.29, 0.717) is 0 Å². The van der Waals surface area contributed by atoms with Gasteiger partial charge in [-0.05, 0) is 67.2 Å². The minimum Gasteiger partial charge on any atom is -0.0810 e. The Morgan fingerprint density at radius 3 is 1.88 bits per heavy atom. The van der Waals surface area contributed by atoms with Crippen LogP contribution < -0.4 is 0 Å². The third-order valence-corrected chi connectivity index (χ3v) is 5.18. The first-order valence-corrected chi connectivity index (χ1v) is 11.2.